The van der Waals surface area contributed by atoms with Crippen LogP contribution in [0.3, 0.4) is 0 Å². The van der Waals surface area contributed by atoms with E-state index in [9.17, 15) is 18.3 Å². The van der Waals surface area contributed by atoms with Crippen molar-refractivity contribution in [1.82, 2.24) is 10.2 Å². The van der Waals surface area contributed by atoms with Gasteiger partial charge in [-0.2, -0.15) is 0 Å². The van der Waals surface area contributed by atoms with Crippen molar-refractivity contribution in [3.05, 3.63) is 66.2 Å². The molecule has 156 valence electrons. The fourth-order valence-corrected chi connectivity index (χ4v) is 4.46. The third kappa shape index (κ3) is 6.28. The Hall–Kier alpha value is -2.42. The predicted octanol–water partition coefficient (Wildman–Crippen LogP) is 1.01. The van der Waals surface area contributed by atoms with E-state index < -0.39 is 22.0 Å². The minimum atomic E-state index is -3.05. The molecule has 0 aliphatic carbocycles. The number of carbonyl (C=O) groups is 1. The average Bonchev–Trinajstić information content (AvgIpc) is 2.73. The van der Waals surface area contributed by atoms with E-state index in [0.29, 0.717) is 18.8 Å². The summed E-state index contributed by atoms with van der Waals surface area (Å²) in [6, 6.07) is 17.8. The van der Waals surface area contributed by atoms with Crippen LogP contribution >= 0.6 is 0 Å². The Morgan fingerprint density at radius 3 is 2.24 bits per heavy atom. The van der Waals surface area contributed by atoms with Gasteiger partial charge in [-0.25, -0.2) is 8.42 Å². The van der Waals surface area contributed by atoms with Crippen LogP contribution in [0.15, 0.2) is 60.7 Å². The molecule has 0 saturated carbocycles. The minimum Gasteiger partial charge on any atom is -0.491 e. The Labute approximate surface area is 171 Å². The first-order valence-corrected chi connectivity index (χ1v) is 11.4. The van der Waals surface area contributed by atoms with Gasteiger partial charge in [0.1, 0.15) is 24.5 Å². The summed E-state index contributed by atoms with van der Waals surface area (Å²) in [7, 11) is -3.05. The summed E-state index contributed by atoms with van der Waals surface area (Å²) < 4.78 is 29.0. The minimum absolute atomic E-state index is 0.0388. The highest BCUT2D eigenvalue weighted by atomic mass is 32.2. The van der Waals surface area contributed by atoms with Crippen LogP contribution in [-0.4, -0.2) is 68.2 Å². The lowest BCUT2D eigenvalue weighted by atomic mass is 10.0. The zero-order chi connectivity index (χ0) is 20.7. The first kappa shape index (κ1) is 21.3. The van der Waals surface area contributed by atoms with Gasteiger partial charge < -0.3 is 15.2 Å². The number of aliphatic hydroxyl groups is 1. The lowest BCUT2D eigenvalue weighted by Crippen LogP contribution is -2.48. The summed E-state index contributed by atoms with van der Waals surface area (Å²) in [4.78, 5) is 14.8. The number of aliphatic hydroxyl groups excluding tert-OH is 1. The molecule has 8 heteroatoms. The van der Waals surface area contributed by atoms with Gasteiger partial charge in [0.25, 0.3) is 0 Å². The molecule has 2 aromatic carbocycles. The number of rotatable bonds is 8. The summed E-state index contributed by atoms with van der Waals surface area (Å²) in [6.07, 6.45) is -0.864. The van der Waals surface area contributed by atoms with Gasteiger partial charge in [-0.05, 0) is 17.7 Å². The number of hydrogen-bond donors (Lipinski definition) is 2. The zero-order valence-corrected chi connectivity index (χ0v) is 16.9. The largest absolute Gasteiger partial charge is 0.491 e. The van der Waals surface area contributed by atoms with Crippen molar-refractivity contribution in [3.63, 3.8) is 0 Å². The van der Waals surface area contributed by atoms with Crippen molar-refractivity contribution >= 4 is 15.7 Å². The molecule has 2 unspecified atom stereocenters. The van der Waals surface area contributed by atoms with Crippen LogP contribution in [-0.2, 0) is 14.6 Å². The van der Waals surface area contributed by atoms with Crippen LogP contribution in [0.4, 0.5) is 0 Å². The maximum atomic E-state index is 12.9. The van der Waals surface area contributed by atoms with Crippen molar-refractivity contribution < 1.29 is 23.1 Å². The van der Waals surface area contributed by atoms with Crippen molar-refractivity contribution in [3.8, 4) is 5.75 Å². The lowest BCUT2D eigenvalue weighted by Gasteiger charge is -2.33. The van der Waals surface area contributed by atoms with Gasteiger partial charge in [0.15, 0.2) is 9.84 Å². The van der Waals surface area contributed by atoms with Crippen molar-refractivity contribution in [1.29, 1.82) is 0 Å². The van der Waals surface area contributed by atoms with Gasteiger partial charge in [-0.15, -0.1) is 0 Å². The molecule has 29 heavy (non-hydrogen) atoms. The second kappa shape index (κ2) is 9.87. The number of ether oxygens (including phenoxy) is 1. The maximum absolute atomic E-state index is 12.9. The quantitative estimate of drug-likeness (QED) is 0.664. The van der Waals surface area contributed by atoms with Gasteiger partial charge in [-0.3, -0.25) is 9.69 Å². The second-order valence-corrected chi connectivity index (χ2v) is 9.33. The topological polar surface area (TPSA) is 95.9 Å². The number of nitrogens with one attached hydrogen (secondary N) is 1. The van der Waals surface area contributed by atoms with Crippen LogP contribution in [0.25, 0.3) is 0 Å². The summed E-state index contributed by atoms with van der Waals surface area (Å²) >= 11 is 0. The molecule has 2 N–H and O–H groups in total. The first-order valence-electron chi connectivity index (χ1n) is 9.58. The van der Waals surface area contributed by atoms with E-state index in [1.807, 2.05) is 53.4 Å². The Kier molecular flexibility index (Phi) is 7.24. The molecule has 2 aromatic rings. The Bertz CT molecular complexity index is 876. The molecule has 3 rings (SSSR count). The van der Waals surface area contributed by atoms with Crippen LogP contribution < -0.4 is 10.1 Å². The highest BCUT2D eigenvalue weighted by Crippen LogP contribution is 2.23. The number of hydrogen-bond acceptors (Lipinski definition) is 6. The molecule has 1 amide bonds. The van der Waals surface area contributed by atoms with Crippen molar-refractivity contribution in [2.24, 2.45) is 0 Å². The van der Waals surface area contributed by atoms with Gasteiger partial charge in [0, 0.05) is 19.6 Å². The number of carbonyl (C=O) groups excluding carboxylic acids is 1. The van der Waals surface area contributed by atoms with Crippen LogP contribution in [0.5, 0.6) is 5.75 Å². The molecule has 1 saturated heterocycles. The standard InChI is InChI=1S/C21H26N2O5S/c24-18(16-28-19-9-5-2-6-10-19)15-22-21(25)20(17-7-3-1-4-8-17)23-11-13-29(26,27)14-12-23/h1-10,18,20,24H,11-16H2,(H,22,25). The molecule has 0 bridgehead atoms. The average molecular weight is 419 g/mol. The first-order chi connectivity index (χ1) is 13.9. The normalized spacial score (nSPS) is 18.5. The summed E-state index contributed by atoms with van der Waals surface area (Å²) in [5, 5.41) is 12.9. The van der Waals surface area contributed by atoms with Crippen molar-refractivity contribution in [2.75, 3.05) is 37.7 Å². The molecule has 0 radical (unpaired) electrons. The van der Waals surface area contributed by atoms with Gasteiger partial charge in [0.2, 0.25) is 5.91 Å². The highest BCUT2D eigenvalue weighted by Gasteiger charge is 2.32. The fourth-order valence-electron chi connectivity index (χ4n) is 3.23. The second-order valence-electron chi connectivity index (χ2n) is 7.02. The van der Waals surface area contributed by atoms with Crippen LogP contribution in [0.2, 0.25) is 0 Å². The maximum Gasteiger partial charge on any atom is 0.242 e. The molecular weight excluding hydrogens is 392 g/mol. The molecule has 0 aromatic heterocycles. The summed E-state index contributed by atoms with van der Waals surface area (Å²) in [5.41, 5.74) is 0.791. The number of amides is 1. The fraction of sp³-hybridized carbons (Fsp3) is 0.381. The SMILES string of the molecule is O=C(NCC(O)COc1ccccc1)C(c1ccccc1)N1CCS(=O)(=O)CC1. The zero-order valence-electron chi connectivity index (χ0n) is 16.1. The smallest absolute Gasteiger partial charge is 0.242 e. The number of para-hydroxylation sites is 1. The number of benzene rings is 2. The molecular formula is C21H26N2O5S. The Morgan fingerprint density at radius 2 is 1.62 bits per heavy atom. The van der Waals surface area contributed by atoms with Gasteiger partial charge >= 0.3 is 0 Å². The molecule has 1 heterocycles. The monoisotopic (exact) mass is 418 g/mol. The number of sulfone groups is 1. The van der Waals surface area contributed by atoms with Crippen LogP contribution in [0, 0.1) is 0 Å². The molecule has 7 nitrogen and oxygen atoms in total. The molecule has 1 fully saturated rings. The van der Waals surface area contributed by atoms with Crippen LogP contribution in [0.1, 0.15) is 11.6 Å². The van der Waals surface area contributed by atoms with E-state index in [0.717, 1.165) is 5.56 Å². The third-order valence-electron chi connectivity index (χ3n) is 4.81. The predicted molar refractivity (Wildman–Crippen MR) is 110 cm³/mol. The highest BCUT2D eigenvalue weighted by molar-refractivity contribution is 7.91. The molecule has 1 aliphatic heterocycles. The Balaban J connectivity index is 1.59. The molecule has 2 atom stereocenters. The molecule has 0 spiro atoms. The lowest BCUT2D eigenvalue weighted by molar-refractivity contribution is -0.127. The Morgan fingerprint density at radius 1 is 1.03 bits per heavy atom. The molecule has 1 aliphatic rings. The van der Waals surface area contributed by atoms with Gasteiger partial charge in [-0.1, -0.05) is 48.5 Å². The van der Waals surface area contributed by atoms with E-state index in [4.69, 9.17) is 4.74 Å². The summed E-state index contributed by atoms with van der Waals surface area (Å²) in [6.45, 7) is 0.702. The van der Waals surface area contributed by atoms with E-state index in [2.05, 4.69) is 5.32 Å². The van der Waals surface area contributed by atoms with E-state index in [1.165, 1.54) is 0 Å². The van der Waals surface area contributed by atoms with E-state index in [1.54, 1.807) is 12.1 Å². The van der Waals surface area contributed by atoms with E-state index in [-0.39, 0.29) is 30.6 Å². The number of nitrogens with zero attached hydrogens (tertiary/aromatic N) is 1. The van der Waals surface area contributed by atoms with E-state index >= 15 is 0 Å². The van der Waals surface area contributed by atoms with Gasteiger partial charge in [0.05, 0.1) is 11.5 Å². The summed E-state index contributed by atoms with van der Waals surface area (Å²) in [5.74, 6) is 0.456. The third-order valence-corrected chi connectivity index (χ3v) is 6.41. The van der Waals surface area contributed by atoms with Crippen molar-refractivity contribution in [2.45, 2.75) is 12.1 Å².